The molecule has 3 nitrogen and oxygen atoms in total. The first kappa shape index (κ1) is 9.00. The molecule has 2 saturated heterocycles. The third-order valence-electron chi connectivity index (χ3n) is 3.21. The van der Waals surface area contributed by atoms with E-state index in [1.807, 2.05) is 0 Å². The smallest absolute Gasteiger partial charge is 0.0958 e. The van der Waals surface area contributed by atoms with Gasteiger partial charge in [-0.2, -0.15) is 0 Å². The lowest BCUT2D eigenvalue weighted by atomic mass is 10.0. The van der Waals surface area contributed by atoms with Gasteiger partial charge in [-0.1, -0.05) is 0 Å². The van der Waals surface area contributed by atoms with Crippen LogP contribution in [0.2, 0.25) is 0 Å². The highest BCUT2D eigenvalue weighted by Crippen LogP contribution is 2.23. The number of hydrogen-bond donors (Lipinski definition) is 1. The molecule has 2 atom stereocenters. The lowest BCUT2D eigenvalue weighted by Crippen LogP contribution is -2.32. The summed E-state index contributed by atoms with van der Waals surface area (Å²) in [5.41, 5.74) is 0. The van der Waals surface area contributed by atoms with Crippen molar-refractivity contribution in [3.05, 3.63) is 0 Å². The van der Waals surface area contributed by atoms with E-state index in [0.29, 0.717) is 12.0 Å². The molecule has 2 heterocycles. The highest BCUT2D eigenvalue weighted by atomic mass is 16.5. The number of hydrogen-bond acceptors (Lipinski definition) is 2. The minimum absolute atomic E-state index is 0.397. The molecule has 0 spiro atoms. The molecule has 13 heavy (non-hydrogen) atoms. The predicted octanol–water partition coefficient (Wildman–Crippen LogP) is 1.48. The van der Waals surface area contributed by atoms with Gasteiger partial charge in [-0.05, 0) is 19.8 Å². The monoisotopic (exact) mass is 182 g/mol. The van der Waals surface area contributed by atoms with Crippen LogP contribution < -0.4 is 0 Å². The lowest BCUT2D eigenvalue weighted by molar-refractivity contribution is 0.100. The SMILES string of the molecule is CC1OCCC1CN1CCCC1=N. The second-order valence-corrected chi connectivity index (χ2v) is 4.12. The zero-order chi connectivity index (χ0) is 9.26. The second kappa shape index (κ2) is 3.66. The van der Waals surface area contributed by atoms with Gasteiger partial charge < -0.3 is 9.64 Å². The van der Waals surface area contributed by atoms with Gasteiger partial charge in [0.25, 0.3) is 0 Å². The Kier molecular flexibility index (Phi) is 2.54. The molecule has 0 bridgehead atoms. The molecule has 0 aliphatic carbocycles. The number of ether oxygens (including phenoxy) is 1. The van der Waals surface area contributed by atoms with E-state index in [1.165, 1.54) is 12.8 Å². The molecular formula is C10H18N2O. The van der Waals surface area contributed by atoms with Crippen LogP contribution in [-0.4, -0.2) is 36.5 Å². The minimum Gasteiger partial charge on any atom is -0.378 e. The predicted molar refractivity (Wildman–Crippen MR) is 52.1 cm³/mol. The van der Waals surface area contributed by atoms with Gasteiger partial charge in [0.05, 0.1) is 11.9 Å². The number of nitrogens with one attached hydrogen (secondary N) is 1. The standard InChI is InChI=1S/C10H18N2O/c1-8-9(4-6-13-8)7-12-5-2-3-10(12)11/h8-9,11H,2-7H2,1H3. The third-order valence-corrected chi connectivity index (χ3v) is 3.21. The topological polar surface area (TPSA) is 36.3 Å². The maximum atomic E-state index is 7.72. The van der Waals surface area contributed by atoms with Crippen molar-refractivity contribution >= 4 is 5.84 Å². The summed E-state index contributed by atoms with van der Waals surface area (Å²) in [5, 5.41) is 7.72. The zero-order valence-electron chi connectivity index (χ0n) is 8.25. The van der Waals surface area contributed by atoms with E-state index in [2.05, 4.69) is 11.8 Å². The van der Waals surface area contributed by atoms with Crippen molar-refractivity contribution < 1.29 is 4.74 Å². The van der Waals surface area contributed by atoms with E-state index in [-0.39, 0.29) is 0 Å². The Morgan fingerprint density at radius 2 is 2.46 bits per heavy atom. The number of likely N-dealkylation sites (tertiary alicyclic amines) is 1. The van der Waals surface area contributed by atoms with Gasteiger partial charge in [0, 0.05) is 32.0 Å². The van der Waals surface area contributed by atoms with Crippen molar-refractivity contribution in [3.63, 3.8) is 0 Å². The van der Waals surface area contributed by atoms with Gasteiger partial charge in [-0.15, -0.1) is 0 Å². The number of rotatable bonds is 2. The van der Waals surface area contributed by atoms with Crippen LogP contribution in [0.3, 0.4) is 0 Å². The fourth-order valence-corrected chi connectivity index (χ4v) is 2.23. The van der Waals surface area contributed by atoms with Gasteiger partial charge in [0.15, 0.2) is 0 Å². The summed E-state index contributed by atoms with van der Waals surface area (Å²) in [6.07, 6.45) is 3.71. The van der Waals surface area contributed by atoms with E-state index in [0.717, 1.165) is 32.0 Å². The Hall–Kier alpha value is -0.570. The van der Waals surface area contributed by atoms with Crippen LogP contribution in [0.25, 0.3) is 0 Å². The molecule has 3 heteroatoms. The molecule has 1 N–H and O–H groups in total. The van der Waals surface area contributed by atoms with Crippen LogP contribution in [0.4, 0.5) is 0 Å². The Morgan fingerprint density at radius 1 is 1.62 bits per heavy atom. The van der Waals surface area contributed by atoms with E-state index < -0.39 is 0 Å². The third kappa shape index (κ3) is 1.85. The number of amidine groups is 1. The average molecular weight is 182 g/mol. The van der Waals surface area contributed by atoms with Crippen LogP contribution in [0.1, 0.15) is 26.2 Å². The normalized spacial score (nSPS) is 34.5. The van der Waals surface area contributed by atoms with E-state index >= 15 is 0 Å². The molecule has 2 aliphatic rings. The van der Waals surface area contributed by atoms with Gasteiger partial charge >= 0.3 is 0 Å². The molecule has 2 aliphatic heterocycles. The van der Waals surface area contributed by atoms with Crippen molar-refractivity contribution in [1.29, 1.82) is 5.41 Å². The molecule has 2 unspecified atom stereocenters. The first-order valence-corrected chi connectivity index (χ1v) is 5.21. The lowest BCUT2D eigenvalue weighted by Gasteiger charge is -2.23. The average Bonchev–Trinajstić information content (AvgIpc) is 2.65. The first-order chi connectivity index (χ1) is 6.27. The fraction of sp³-hybridized carbons (Fsp3) is 0.900. The largest absolute Gasteiger partial charge is 0.378 e. The summed E-state index contributed by atoms with van der Waals surface area (Å²) in [4.78, 5) is 2.22. The molecule has 0 radical (unpaired) electrons. The minimum atomic E-state index is 0.397. The van der Waals surface area contributed by atoms with E-state index in [4.69, 9.17) is 10.1 Å². The summed E-state index contributed by atoms with van der Waals surface area (Å²) < 4.78 is 5.51. The Bertz CT molecular complexity index is 205. The Morgan fingerprint density at radius 3 is 3.00 bits per heavy atom. The van der Waals surface area contributed by atoms with Gasteiger partial charge in [0.2, 0.25) is 0 Å². The van der Waals surface area contributed by atoms with Crippen LogP contribution in [0.15, 0.2) is 0 Å². The Labute approximate surface area is 79.6 Å². The molecule has 0 aromatic rings. The summed E-state index contributed by atoms with van der Waals surface area (Å²) >= 11 is 0. The molecule has 2 fully saturated rings. The zero-order valence-corrected chi connectivity index (χ0v) is 8.25. The molecule has 0 aromatic heterocycles. The maximum absolute atomic E-state index is 7.72. The maximum Gasteiger partial charge on any atom is 0.0958 e. The van der Waals surface area contributed by atoms with Crippen LogP contribution in [0, 0.1) is 11.3 Å². The summed E-state index contributed by atoms with van der Waals surface area (Å²) in [6, 6.07) is 0. The van der Waals surface area contributed by atoms with E-state index in [1.54, 1.807) is 0 Å². The summed E-state index contributed by atoms with van der Waals surface area (Å²) in [7, 11) is 0. The van der Waals surface area contributed by atoms with Crippen LogP contribution >= 0.6 is 0 Å². The highest BCUT2D eigenvalue weighted by molar-refractivity contribution is 5.80. The molecule has 0 amide bonds. The fourth-order valence-electron chi connectivity index (χ4n) is 2.23. The second-order valence-electron chi connectivity index (χ2n) is 4.12. The van der Waals surface area contributed by atoms with Crippen molar-refractivity contribution in [1.82, 2.24) is 4.90 Å². The molecule has 0 aromatic carbocycles. The first-order valence-electron chi connectivity index (χ1n) is 5.21. The van der Waals surface area contributed by atoms with Crippen molar-refractivity contribution in [2.24, 2.45) is 5.92 Å². The van der Waals surface area contributed by atoms with Crippen LogP contribution in [-0.2, 0) is 4.74 Å². The number of nitrogens with zero attached hydrogens (tertiary/aromatic N) is 1. The molecular weight excluding hydrogens is 164 g/mol. The van der Waals surface area contributed by atoms with Gasteiger partial charge in [-0.25, -0.2) is 0 Å². The van der Waals surface area contributed by atoms with Crippen molar-refractivity contribution in [3.8, 4) is 0 Å². The van der Waals surface area contributed by atoms with Crippen molar-refractivity contribution in [2.75, 3.05) is 19.7 Å². The van der Waals surface area contributed by atoms with Gasteiger partial charge in [-0.3, -0.25) is 5.41 Å². The molecule has 0 saturated carbocycles. The van der Waals surface area contributed by atoms with E-state index in [9.17, 15) is 0 Å². The molecule has 2 rings (SSSR count). The quantitative estimate of drug-likeness (QED) is 0.702. The highest BCUT2D eigenvalue weighted by Gasteiger charge is 2.28. The van der Waals surface area contributed by atoms with Crippen LogP contribution in [0.5, 0.6) is 0 Å². The Balaban J connectivity index is 1.86. The van der Waals surface area contributed by atoms with Gasteiger partial charge in [0.1, 0.15) is 0 Å². The summed E-state index contributed by atoms with van der Waals surface area (Å²) in [6.45, 7) is 5.19. The summed E-state index contributed by atoms with van der Waals surface area (Å²) in [5.74, 6) is 1.48. The molecule has 74 valence electrons. The van der Waals surface area contributed by atoms with Crippen molar-refractivity contribution in [2.45, 2.75) is 32.3 Å².